The van der Waals surface area contributed by atoms with Gasteiger partial charge in [-0.15, -0.1) is 0 Å². The second kappa shape index (κ2) is 6.00. The van der Waals surface area contributed by atoms with E-state index in [1.54, 1.807) is 13.8 Å². The van der Waals surface area contributed by atoms with Crippen molar-refractivity contribution >= 4 is 11.8 Å². The highest BCUT2D eigenvalue weighted by molar-refractivity contribution is 5.79. The van der Waals surface area contributed by atoms with E-state index in [1.807, 2.05) is 20.8 Å². The van der Waals surface area contributed by atoms with Crippen LogP contribution in [0.2, 0.25) is 0 Å². The number of nitrogens with two attached hydrogens (primary N) is 1. The predicted molar refractivity (Wildman–Crippen MR) is 68.4 cm³/mol. The van der Waals surface area contributed by atoms with Gasteiger partial charge in [-0.05, 0) is 34.6 Å². The van der Waals surface area contributed by atoms with Crippen molar-refractivity contribution < 1.29 is 9.59 Å². The summed E-state index contributed by atoms with van der Waals surface area (Å²) in [6, 6.07) is 0. The number of amides is 2. The summed E-state index contributed by atoms with van der Waals surface area (Å²) in [5, 5.41) is 6.02. The van der Waals surface area contributed by atoms with E-state index in [-0.39, 0.29) is 17.9 Å². The zero-order valence-corrected chi connectivity index (χ0v) is 11.5. The Bertz CT molecular complexity index is 280. The van der Waals surface area contributed by atoms with Gasteiger partial charge in [0.15, 0.2) is 0 Å². The molecule has 2 amide bonds. The van der Waals surface area contributed by atoms with Gasteiger partial charge in [0.1, 0.15) is 0 Å². The first kappa shape index (κ1) is 15.9. The fourth-order valence-electron chi connectivity index (χ4n) is 1.47. The normalized spacial score (nSPS) is 12.3. The minimum absolute atomic E-state index is 0.00300. The minimum atomic E-state index is -0.579. The molecule has 5 nitrogen and oxygen atoms in total. The summed E-state index contributed by atoms with van der Waals surface area (Å²) >= 11 is 0. The lowest BCUT2D eigenvalue weighted by Gasteiger charge is -2.25. The Morgan fingerprint density at radius 3 is 2.06 bits per heavy atom. The Balaban J connectivity index is 3.97. The third-order valence-corrected chi connectivity index (χ3v) is 2.10. The van der Waals surface area contributed by atoms with E-state index >= 15 is 0 Å². The van der Waals surface area contributed by atoms with E-state index in [9.17, 15) is 9.59 Å². The summed E-state index contributed by atoms with van der Waals surface area (Å²) < 4.78 is 0. The molecule has 100 valence electrons. The van der Waals surface area contributed by atoms with Gasteiger partial charge in [0.25, 0.3) is 0 Å². The standard InChI is InChI=1S/C12H25N3O2/c1-11(2,3)14-7-6-10(17)15-12(4,5)8-9(13)16/h14H,6-8H2,1-5H3,(H2,13,16)(H,15,17). The van der Waals surface area contributed by atoms with Crippen LogP contribution >= 0.6 is 0 Å². The van der Waals surface area contributed by atoms with Crippen LogP contribution in [0.4, 0.5) is 0 Å². The topological polar surface area (TPSA) is 84.2 Å². The molecule has 0 aromatic rings. The Morgan fingerprint density at radius 2 is 1.65 bits per heavy atom. The van der Waals surface area contributed by atoms with Crippen molar-refractivity contribution in [3.63, 3.8) is 0 Å². The third-order valence-electron chi connectivity index (χ3n) is 2.10. The van der Waals surface area contributed by atoms with Gasteiger partial charge in [-0.3, -0.25) is 9.59 Å². The molecule has 0 radical (unpaired) electrons. The largest absolute Gasteiger partial charge is 0.370 e. The maximum atomic E-state index is 11.6. The minimum Gasteiger partial charge on any atom is -0.370 e. The molecular weight excluding hydrogens is 218 g/mol. The summed E-state index contributed by atoms with van der Waals surface area (Å²) in [5.74, 6) is -0.490. The van der Waals surface area contributed by atoms with Crippen molar-refractivity contribution in [2.24, 2.45) is 5.73 Å². The molecule has 0 heterocycles. The molecular formula is C12H25N3O2. The lowest BCUT2D eigenvalue weighted by atomic mass is 10.00. The molecule has 0 aromatic heterocycles. The molecule has 0 fully saturated rings. The lowest BCUT2D eigenvalue weighted by molar-refractivity contribution is -0.123. The predicted octanol–water partition coefficient (Wildman–Crippen LogP) is 0.535. The third kappa shape index (κ3) is 9.81. The molecule has 0 aliphatic heterocycles. The average Bonchev–Trinajstić information content (AvgIpc) is 1.95. The van der Waals surface area contributed by atoms with Crippen molar-refractivity contribution in [3.8, 4) is 0 Å². The molecule has 0 aliphatic rings. The first-order valence-corrected chi connectivity index (χ1v) is 5.86. The number of primary amides is 1. The lowest BCUT2D eigenvalue weighted by Crippen LogP contribution is -2.47. The van der Waals surface area contributed by atoms with Gasteiger partial charge in [0.2, 0.25) is 11.8 Å². The van der Waals surface area contributed by atoms with Crippen LogP contribution in [-0.4, -0.2) is 29.4 Å². The number of carbonyl (C=O) groups is 2. The van der Waals surface area contributed by atoms with Crippen LogP contribution in [-0.2, 0) is 9.59 Å². The number of nitrogens with one attached hydrogen (secondary N) is 2. The molecule has 0 aliphatic carbocycles. The van der Waals surface area contributed by atoms with Gasteiger partial charge in [-0.25, -0.2) is 0 Å². The van der Waals surface area contributed by atoms with Crippen molar-refractivity contribution in [2.75, 3.05) is 6.54 Å². The average molecular weight is 243 g/mol. The quantitative estimate of drug-likeness (QED) is 0.636. The second-order valence-electron chi connectivity index (χ2n) is 6.00. The zero-order valence-electron chi connectivity index (χ0n) is 11.5. The van der Waals surface area contributed by atoms with E-state index in [0.29, 0.717) is 13.0 Å². The molecule has 0 spiro atoms. The second-order valence-corrected chi connectivity index (χ2v) is 6.00. The summed E-state index contributed by atoms with van der Waals surface area (Å²) in [6.45, 7) is 10.3. The highest BCUT2D eigenvalue weighted by Crippen LogP contribution is 2.07. The van der Waals surface area contributed by atoms with Crippen LogP contribution in [0.5, 0.6) is 0 Å². The van der Waals surface area contributed by atoms with Gasteiger partial charge >= 0.3 is 0 Å². The molecule has 0 unspecified atom stereocenters. The van der Waals surface area contributed by atoms with Crippen molar-refractivity contribution in [3.05, 3.63) is 0 Å². The van der Waals surface area contributed by atoms with Gasteiger partial charge in [0, 0.05) is 30.5 Å². The van der Waals surface area contributed by atoms with Gasteiger partial charge in [-0.2, -0.15) is 0 Å². The molecule has 0 bridgehead atoms. The molecule has 0 aromatic carbocycles. The summed E-state index contributed by atoms with van der Waals surface area (Å²) in [5.41, 5.74) is 4.53. The summed E-state index contributed by atoms with van der Waals surface area (Å²) in [4.78, 5) is 22.4. The Morgan fingerprint density at radius 1 is 1.12 bits per heavy atom. The number of hydrogen-bond donors (Lipinski definition) is 3. The SMILES string of the molecule is CC(C)(C)NCCC(=O)NC(C)(C)CC(N)=O. The highest BCUT2D eigenvalue weighted by atomic mass is 16.2. The van der Waals surface area contributed by atoms with Crippen LogP contribution in [0.15, 0.2) is 0 Å². The van der Waals surface area contributed by atoms with Crippen molar-refractivity contribution in [2.45, 2.75) is 58.5 Å². The molecule has 5 heteroatoms. The monoisotopic (exact) mass is 243 g/mol. The van der Waals surface area contributed by atoms with E-state index in [1.165, 1.54) is 0 Å². The molecule has 0 saturated heterocycles. The summed E-state index contributed by atoms with van der Waals surface area (Å²) in [6.07, 6.45) is 0.533. The van der Waals surface area contributed by atoms with Gasteiger partial charge < -0.3 is 16.4 Å². The molecule has 4 N–H and O–H groups in total. The van der Waals surface area contributed by atoms with Crippen LogP contribution in [0.3, 0.4) is 0 Å². The molecule has 0 saturated carbocycles. The molecule has 0 rings (SSSR count). The van der Waals surface area contributed by atoms with E-state index in [2.05, 4.69) is 10.6 Å². The fraction of sp³-hybridized carbons (Fsp3) is 0.833. The van der Waals surface area contributed by atoms with E-state index < -0.39 is 11.4 Å². The first-order valence-electron chi connectivity index (χ1n) is 5.86. The van der Waals surface area contributed by atoms with Crippen LogP contribution in [0.25, 0.3) is 0 Å². The molecule has 17 heavy (non-hydrogen) atoms. The van der Waals surface area contributed by atoms with Gasteiger partial charge in [0.05, 0.1) is 0 Å². The van der Waals surface area contributed by atoms with Crippen LogP contribution in [0.1, 0.15) is 47.5 Å². The Labute approximate surface area is 104 Å². The van der Waals surface area contributed by atoms with Crippen LogP contribution < -0.4 is 16.4 Å². The molecule has 0 atom stereocenters. The van der Waals surface area contributed by atoms with E-state index in [0.717, 1.165) is 0 Å². The Hall–Kier alpha value is -1.10. The maximum absolute atomic E-state index is 11.6. The van der Waals surface area contributed by atoms with Crippen molar-refractivity contribution in [1.82, 2.24) is 10.6 Å². The highest BCUT2D eigenvalue weighted by Gasteiger charge is 2.22. The summed E-state index contributed by atoms with van der Waals surface area (Å²) in [7, 11) is 0. The fourth-order valence-corrected chi connectivity index (χ4v) is 1.47. The van der Waals surface area contributed by atoms with E-state index in [4.69, 9.17) is 5.73 Å². The smallest absolute Gasteiger partial charge is 0.221 e. The first-order chi connectivity index (χ1) is 7.52. The number of hydrogen-bond acceptors (Lipinski definition) is 3. The number of carbonyl (C=O) groups excluding carboxylic acids is 2. The number of rotatable bonds is 6. The van der Waals surface area contributed by atoms with Crippen LogP contribution in [0, 0.1) is 0 Å². The maximum Gasteiger partial charge on any atom is 0.221 e. The van der Waals surface area contributed by atoms with Crippen molar-refractivity contribution in [1.29, 1.82) is 0 Å². The van der Waals surface area contributed by atoms with Gasteiger partial charge in [-0.1, -0.05) is 0 Å². The Kier molecular flexibility index (Phi) is 5.61. The zero-order chi connectivity index (χ0) is 13.7.